The van der Waals surface area contributed by atoms with Gasteiger partial charge in [0, 0.05) is 64.8 Å². The fourth-order valence-electron chi connectivity index (χ4n) is 7.93. The molecule has 0 fully saturated rings. The number of rotatable bonds is 5. The topological polar surface area (TPSA) is 29.5 Å². The SMILES string of the molecule is c1cc(-c2cccc3oc4ccccc4c23)cc(N(c2ccc(-c3cccc4sc5ccccc5c34)cc2)c2ccc3c(c2)oc2ccccc23)c1. The molecule has 0 aliphatic carbocycles. The summed E-state index contributed by atoms with van der Waals surface area (Å²) in [6, 6.07) is 62.5. The van der Waals surface area contributed by atoms with Gasteiger partial charge in [0.2, 0.25) is 0 Å². The van der Waals surface area contributed by atoms with Crippen LogP contribution in [0.5, 0.6) is 0 Å². The number of nitrogens with zero attached hydrogens (tertiary/aromatic N) is 1. The zero-order valence-corrected chi connectivity index (χ0v) is 28.7. The van der Waals surface area contributed by atoms with Crippen LogP contribution in [0.15, 0.2) is 185 Å². The third-order valence-corrected chi connectivity index (χ3v) is 11.4. The van der Waals surface area contributed by atoms with E-state index in [1.807, 2.05) is 35.6 Å². The van der Waals surface area contributed by atoms with Gasteiger partial charge in [0.25, 0.3) is 0 Å². The Hall–Kier alpha value is -6.62. The zero-order chi connectivity index (χ0) is 34.2. The monoisotopic (exact) mass is 683 g/mol. The van der Waals surface area contributed by atoms with Crippen molar-refractivity contribution in [3.05, 3.63) is 176 Å². The van der Waals surface area contributed by atoms with Crippen LogP contribution in [0.1, 0.15) is 0 Å². The molecule has 0 atom stereocenters. The summed E-state index contributed by atoms with van der Waals surface area (Å²) in [7, 11) is 0. The van der Waals surface area contributed by atoms with Gasteiger partial charge < -0.3 is 13.7 Å². The largest absolute Gasteiger partial charge is 0.456 e. The van der Waals surface area contributed by atoms with E-state index in [0.29, 0.717) is 0 Å². The number of para-hydroxylation sites is 2. The van der Waals surface area contributed by atoms with Gasteiger partial charge >= 0.3 is 0 Å². The Morgan fingerprint density at radius 2 is 0.942 bits per heavy atom. The fourth-order valence-corrected chi connectivity index (χ4v) is 9.07. The molecule has 11 aromatic rings. The van der Waals surface area contributed by atoms with E-state index in [9.17, 15) is 0 Å². The first-order chi connectivity index (χ1) is 25.8. The second-order valence-corrected chi connectivity index (χ2v) is 14.3. The van der Waals surface area contributed by atoms with Crippen molar-refractivity contribution < 1.29 is 8.83 Å². The van der Waals surface area contributed by atoms with Gasteiger partial charge in [-0.3, -0.25) is 0 Å². The smallest absolute Gasteiger partial charge is 0.137 e. The first kappa shape index (κ1) is 29.1. The molecule has 8 aromatic carbocycles. The van der Waals surface area contributed by atoms with E-state index < -0.39 is 0 Å². The van der Waals surface area contributed by atoms with Gasteiger partial charge in [0.1, 0.15) is 22.3 Å². The van der Waals surface area contributed by atoms with Crippen LogP contribution in [-0.4, -0.2) is 0 Å². The minimum Gasteiger partial charge on any atom is -0.456 e. The molecule has 11 rings (SSSR count). The van der Waals surface area contributed by atoms with Crippen LogP contribution >= 0.6 is 11.3 Å². The first-order valence-electron chi connectivity index (χ1n) is 17.5. The molecule has 3 aromatic heterocycles. The maximum atomic E-state index is 6.40. The van der Waals surface area contributed by atoms with Crippen LogP contribution in [0, 0.1) is 0 Å². The van der Waals surface area contributed by atoms with Crippen molar-refractivity contribution in [3.63, 3.8) is 0 Å². The number of fused-ring (bicyclic) bond motifs is 9. The number of furan rings is 2. The summed E-state index contributed by atoms with van der Waals surface area (Å²) in [6.07, 6.45) is 0. The molecular weight excluding hydrogens is 655 g/mol. The van der Waals surface area contributed by atoms with Crippen LogP contribution in [0.3, 0.4) is 0 Å². The molecule has 0 radical (unpaired) electrons. The van der Waals surface area contributed by atoms with E-state index in [0.717, 1.165) is 72.1 Å². The summed E-state index contributed by atoms with van der Waals surface area (Å²) < 4.78 is 15.3. The van der Waals surface area contributed by atoms with E-state index in [1.165, 1.54) is 31.3 Å². The van der Waals surface area contributed by atoms with Crippen LogP contribution < -0.4 is 4.90 Å². The summed E-state index contributed by atoms with van der Waals surface area (Å²) in [4.78, 5) is 2.33. The van der Waals surface area contributed by atoms with Crippen molar-refractivity contribution >= 4 is 92.4 Å². The molecule has 0 amide bonds. The molecule has 0 saturated heterocycles. The predicted octanol–water partition coefficient (Wildman–Crippen LogP) is 14.7. The van der Waals surface area contributed by atoms with Gasteiger partial charge in [-0.2, -0.15) is 0 Å². The lowest BCUT2D eigenvalue weighted by atomic mass is 9.98. The van der Waals surface area contributed by atoms with Crippen molar-refractivity contribution in [3.8, 4) is 22.3 Å². The highest BCUT2D eigenvalue weighted by Crippen LogP contribution is 2.44. The lowest BCUT2D eigenvalue weighted by Gasteiger charge is -2.26. The molecular formula is C48H29NO2S. The Kier molecular flexibility index (Phi) is 6.42. The molecule has 0 saturated carbocycles. The molecule has 0 bridgehead atoms. The summed E-state index contributed by atoms with van der Waals surface area (Å²) in [6.45, 7) is 0. The van der Waals surface area contributed by atoms with Crippen molar-refractivity contribution in [2.45, 2.75) is 0 Å². The maximum Gasteiger partial charge on any atom is 0.137 e. The summed E-state index contributed by atoms with van der Waals surface area (Å²) in [5.74, 6) is 0. The maximum absolute atomic E-state index is 6.40. The predicted molar refractivity (Wildman–Crippen MR) is 219 cm³/mol. The van der Waals surface area contributed by atoms with E-state index in [1.54, 1.807) is 0 Å². The Morgan fingerprint density at radius 3 is 1.81 bits per heavy atom. The third-order valence-electron chi connectivity index (χ3n) is 10.3. The normalized spacial score (nSPS) is 11.8. The molecule has 0 aliphatic heterocycles. The number of anilines is 3. The Morgan fingerprint density at radius 1 is 0.346 bits per heavy atom. The summed E-state index contributed by atoms with van der Waals surface area (Å²) in [5.41, 5.74) is 11.4. The Bertz CT molecular complexity index is 3150. The Labute approximate surface area is 303 Å². The van der Waals surface area contributed by atoms with Crippen molar-refractivity contribution in [1.29, 1.82) is 0 Å². The van der Waals surface area contributed by atoms with E-state index in [2.05, 4.69) is 157 Å². The molecule has 0 spiro atoms. The first-order valence-corrected chi connectivity index (χ1v) is 18.3. The minimum atomic E-state index is 0.863. The lowest BCUT2D eigenvalue weighted by molar-refractivity contribution is 0.668. The van der Waals surface area contributed by atoms with Gasteiger partial charge in [-0.1, -0.05) is 103 Å². The molecule has 3 nitrogen and oxygen atoms in total. The standard InChI is InChI=1S/C48H29NO2S/c1-4-17-41-37(12-1)38-27-26-34(29-44(38)51-41)49(32-24-22-30(23-25-32)35-16-9-21-46-48(35)40-14-3-6-20-45(40)52-46)33-11-7-10-31(28-33)36-15-8-19-43-47(36)39-13-2-5-18-42(39)50-43/h1-29H. The molecule has 244 valence electrons. The van der Waals surface area contributed by atoms with Crippen molar-refractivity contribution in [1.82, 2.24) is 0 Å². The quantitative estimate of drug-likeness (QED) is 0.181. The highest BCUT2D eigenvalue weighted by atomic mass is 32.1. The number of thiophene rings is 1. The second kappa shape index (κ2) is 11.5. The van der Waals surface area contributed by atoms with Gasteiger partial charge in [0.05, 0.1) is 0 Å². The van der Waals surface area contributed by atoms with E-state index in [-0.39, 0.29) is 0 Å². The van der Waals surface area contributed by atoms with Gasteiger partial charge in [-0.05, 0) is 89.0 Å². The molecule has 4 heteroatoms. The lowest BCUT2D eigenvalue weighted by Crippen LogP contribution is -2.10. The molecule has 0 unspecified atom stereocenters. The van der Waals surface area contributed by atoms with E-state index >= 15 is 0 Å². The zero-order valence-electron chi connectivity index (χ0n) is 27.9. The average Bonchev–Trinajstić information content (AvgIpc) is 3.89. The van der Waals surface area contributed by atoms with Gasteiger partial charge in [-0.25, -0.2) is 0 Å². The third kappa shape index (κ3) is 4.51. The number of benzene rings is 8. The second-order valence-electron chi connectivity index (χ2n) is 13.3. The molecule has 52 heavy (non-hydrogen) atoms. The molecule has 0 N–H and O–H groups in total. The number of hydrogen-bond acceptors (Lipinski definition) is 4. The van der Waals surface area contributed by atoms with Crippen LogP contribution in [0.4, 0.5) is 17.1 Å². The highest BCUT2D eigenvalue weighted by molar-refractivity contribution is 7.25. The van der Waals surface area contributed by atoms with Crippen molar-refractivity contribution in [2.24, 2.45) is 0 Å². The summed E-state index contributed by atoms with van der Waals surface area (Å²) in [5, 5.41) is 7.10. The summed E-state index contributed by atoms with van der Waals surface area (Å²) >= 11 is 1.85. The van der Waals surface area contributed by atoms with Gasteiger partial charge in [0.15, 0.2) is 0 Å². The van der Waals surface area contributed by atoms with Crippen LogP contribution in [0.25, 0.3) is 86.3 Å². The van der Waals surface area contributed by atoms with Crippen molar-refractivity contribution in [2.75, 3.05) is 4.90 Å². The fraction of sp³-hybridized carbons (Fsp3) is 0. The van der Waals surface area contributed by atoms with Gasteiger partial charge in [-0.15, -0.1) is 11.3 Å². The highest BCUT2D eigenvalue weighted by Gasteiger charge is 2.19. The average molecular weight is 684 g/mol. The van der Waals surface area contributed by atoms with E-state index in [4.69, 9.17) is 8.83 Å². The van der Waals surface area contributed by atoms with Crippen LogP contribution in [-0.2, 0) is 0 Å². The van der Waals surface area contributed by atoms with Crippen LogP contribution in [0.2, 0.25) is 0 Å². The molecule has 0 aliphatic rings. The molecule has 3 heterocycles. The minimum absolute atomic E-state index is 0.863. The Balaban J connectivity index is 1.08. The number of hydrogen-bond donors (Lipinski definition) is 0.